The number of aromatic nitrogens is 3. The topological polar surface area (TPSA) is 82.8 Å². The third-order valence-corrected chi connectivity index (χ3v) is 2.35. The Morgan fingerprint density at radius 2 is 2.33 bits per heavy atom. The van der Waals surface area contributed by atoms with E-state index >= 15 is 0 Å². The second-order valence-corrected chi connectivity index (χ2v) is 3.25. The van der Waals surface area contributed by atoms with Crippen LogP contribution in [0.5, 0.6) is 0 Å². The van der Waals surface area contributed by atoms with Gasteiger partial charge in [0.15, 0.2) is 5.82 Å². The van der Waals surface area contributed by atoms with E-state index in [1.54, 1.807) is 11.0 Å². The number of nitrogen functional groups attached to an aromatic ring is 1. The van der Waals surface area contributed by atoms with Crippen molar-refractivity contribution in [3.8, 4) is 0 Å². The Morgan fingerprint density at radius 3 is 2.83 bits per heavy atom. The summed E-state index contributed by atoms with van der Waals surface area (Å²) in [6, 6.07) is 0.444. The minimum Gasteiger partial charge on any atom is -0.381 e. The van der Waals surface area contributed by atoms with Crippen molar-refractivity contribution in [2.75, 3.05) is 5.73 Å². The molecule has 1 aliphatic carbocycles. The fourth-order valence-corrected chi connectivity index (χ4v) is 1.70. The van der Waals surface area contributed by atoms with Gasteiger partial charge in [0, 0.05) is 6.04 Å². The van der Waals surface area contributed by atoms with E-state index in [-0.39, 0.29) is 12.1 Å². The van der Waals surface area contributed by atoms with Crippen LogP contribution in [-0.4, -0.2) is 21.0 Å². The molecule has 1 aromatic rings. The van der Waals surface area contributed by atoms with Crippen LogP contribution >= 0.6 is 0 Å². The lowest BCUT2D eigenvalue weighted by Gasteiger charge is -2.13. The van der Waals surface area contributed by atoms with E-state index in [0.717, 1.165) is 19.3 Å². The first-order valence-corrected chi connectivity index (χ1v) is 4.20. The molecule has 0 radical (unpaired) electrons. The zero-order valence-electron chi connectivity index (χ0n) is 6.85. The van der Waals surface area contributed by atoms with E-state index in [2.05, 4.69) is 10.2 Å². The monoisotopic (exact) mass is 167 g/mol. The normalized spacial score (nSPS) is 29.4. The Morgan fingerprint density at radius 1 is 1.50 bits per heavy atom. The lowest BCUT2D eigenvalue weighted by molar-refractivity contribution is 0.378. The lowest BCUT2D eigenvalue weighted by Crippen LogP contribution is -2.28. The second kappa shape index (κ2) is 2.75. The predicted molar refractivity (Wildman–Crippen MR) is 45.3 cm³/mol. The van der Waals surface area contributed by atoms with Gasteiger partial charge in [0.05, 0.1) is 12.2 Å². The first kappa shape index (κ1) is 7.54. The molecule has 5 heteroatoms. The predicted octanol–water partition coefficient (Wildman–Crippen LogP) is -0.0874. The zero-order valence-corrected chi connectivity index (χ0v) is 6.85. The molecule has 1 aliphatic rings. The van der Waals surface area contributed by atoms with Crippen molar-refractivity contribution in [1.82, 2.24) is 15.0 Å². The standard InChI is InChI=1S/C7H13N5/c8-5-2-1-3-6(5)12-10-4-7(9)11-12/h4-6H,1-3,8H2,(H2,9,11). The van der Waals surface area contributed by atoms with E-state index in [1.807, 2.05) is 0 Å². The summed E-state index contributed by atoms with van der Waals surface area (Å²) in [5.41, 5.74) is 11.3. The van der Waals surface area contributed by atoms with E-state index < -0.39 is 0 Å². The molecular weight excluding hydrogens is 154 g/mol. The lowest BCUT2D eigenvalue weighted by atomic mass is 10.2. The molecule has 0 aliphatic heterocycles. The molecule has 2 rings (SSSR count). The molecule has 2 atom stereocenters. The van der Waals surface area contributed by atoms with Crippen LogP contribution in [0, 0.1) is 0 Å². The minimum absolute atomic E-state index is 0.191. The van der Waals surface area contributed by atoms with E-state index in [9.17, 15) is 0 Å². The van der Waals surface area contributed by atoms with Gasteiger partial charge in [-0.3, -0.25) is 0 Å². The Balaban J connectivity index is 2.19. The summed E-state index contributed by atoms with van der Waals surface area (Å²) < 4.78 is 0. The van der Waals surface area contributed by atoms with Crippen molar-refractivity contribution >= 4 is 5.82 Å². The SMILES string of the molecule is Nc1cnn(C2CCCC2N)n1. The highest BCUT2D eigenvalue weighted by molar-refractivity contribution is 5.19. The van der Waals surface area contributed by atoms with E-state index in [1.165, 1.54) is 0 Å². The van der Waals surface area contributed by atoms with Crippen LogP contribution in [-0.2, 0) is 0 Å². The van der Waals surface area contributed by atoms with Gasteiger partial charge in [0.2, 0.25) is 0 Å². The number of anilines is 1. The molecule has 5 nitrogen and oxygen atoms in total. The maximum atomic E-state index is 5.88. The molecule has 1 saturated carbocycles. The fraction of sp³-hybridized carbons (Fsp3) is 0.714. The average molecular weight is 167 g/mol. The van der Waals surface area contributed by atoms with Crippen molar-refractivity contribution in [3.63, 3.8) is 0 Å². The molecular formula is C7H13N5. The Bertz CT molecular complexity index is 269. The van der Waals surface area contributed by atoms with E-state index in [4.69, 9.17) is 11.5 Å². The van der Waals surface area contributed by atoms with Gasteiger partial charge in [-0.2, -0.15) is 9.90 Å². The smallest absolute Gasteiger partial charge is 0.165 e. The molecule has 0 spiro atoms. The van der Waals surface area contributed by atoms with E-state index in [0.29, 0.717) is 5.82 Å². The van der Waals surface area contributed by atoms with Crippen LogP contribution in [0.1, 0.15) is 25.3 Å². The Labute approximate surface area is 70.7 Å². The number of rotatable bonds is 1. The number of hydrogen-bond donors (Lipinski definition) is 2. The third-order valence-electron chi connectivity index (χ3n) is 2.35. The van der Waals surface area contributed by atoms with Crippen LogP contribution in [0.4, 0.5) is 5.82 Å². The summed E-state index contributed by atoms with van der Waals surface area (Å²) in [6.07, 6.45) is 4.85. The summed E-state index contributed by atoms with van der Waals surface area (Å²) in [4.78, 5) is 1.65. The molecule has 0 amide bonds. The van der Waals surface area contributed by atoms with Gasteiger partial charge in [-0.1, -0.05) is 0 Å². The minimum atomic E-state index is 0.191. The van der Waals surface area contributed by atoms with Gasteiger partial charge in [-0.05, 0) is 19.3 Å². The molecule has 0 aromatic carbocycles. The summed E-state index contributed by atoms with van der Waals surface area (Å²) in [7, 11) is 0. The van der Waals surface area contributed by atoms with Crippen LogP contribution in [0.25, 0.3) is 0 Å². The third kappa shape index (κ3) is 1.16. The number of hydrogen-bond acceptors (Lipinski definition) is 4. The van der Waals surface area contributed by atoms with Gasteiger partial charge < -0.3 is 11.5 Å². The molecule has 1 aromatic heterocycles. The summed E-state index contributed by atoms with van der Waals surface area (Å²) in [6.45, 7) is 0. The number of nitrogens with zero attached hydrogens (tertiary/aromatic N) is 3. The maximum Gasteiger partial charge on any atom is 0.165 e. The van der Waals surface area contributed by atoms with Crippen molar-refractivity contribution in [3.05, 3.63) is 6.20 Å². The average Bonchev–Trinajstić information content (AvgIpc) is 2.58. The van der Waals surface area contributed by atoms with Gasteiger partial charge >= 0.3 is 0 Å². The molecule has 12 heavy (non-hydrogen) atoms. The van der Waals surface area contributed by atoms with Gasteiger partial charge in [-0.25, -0.2) is 0 Å². The first-order chi connectivity index (χ1) is 5.77. The first-order valence-electron chi connectivity index (χ1n) is 4.20. The van der Waals surface area contributed by atoms with Crippen LogP contribution in [0.15, 0.2) is 6.20 Å². The fourth-order valence-electron chi connectivity index (χ4n) is 1.70. The molecule has 0 saturated heterocycles. The van der Waals surface area contributed by atoms with Crippen LogP contribution in [0.2, 0.25) is 0 Å². The van der Waals surface area contributed by atoms with Crippen LogP contribution < -0.4 is 11.5 Å². The summed E-state index contributed by atoms with van der Waals surface area (Å²) in [5.74, 6) is 0.467. The van der Waals surface area contributed by atoms with Crippen molar-refractivity contribution in [1.29, 1.82) is 0 Å². The Hall–Kier alpha value is -1.10. The highest BCUT2D eigenvalue weighted by Crippen LogP contribution is 2.27. The summed E-state index contributed by atoms with van der Waals surface area (Å²) >= 11 is 0. The summed E-state index contributed by atoms with van der Waals surface area (Å²) in [5, 5.41) is 8.10. The maximum absolute atomic E-state index is 5.88. The molecule has 0 bridgehead atoms. The largest absolute Gasteiger partial charge is 0.381 e. The van der Waals surface area contributed by atoms with Crippen LogP contribution in [0.3, 0.4) is 0 Å². The molecule has 1 heterocycles. The second-order valence-electron chi connectivity index (χ2n) is 3.25. The van der Waals surface area contributed by atoms with Crippen molar-refractivity contribution in [2.45, 2.75) is 31.3 Å². The number of nitrogens with two attached hydrogens (primary N) is 2. The molecule has 66 valence electrons. The molecule has 2 unspecified atom stereocenters. The Kier molecular flexibility index (Phi) is 1.73. The van der Waals surface area contributed by atoms with Crippen molar-refractivity contribution in [2.24, 2.45) is 5.73 Å². The van der Waals surface area contributed by atoms with Crippen molar-refractivity contribution < 1.29 is 0 Å². The highest BCUT2D eigenvalue weighted by Gasteiger charge is 2.26. The van der Waals surface area contributed by atoms with Gasteiger partial charge in [-0.15, -0.1) is 5.10 Å². The quantitative estimate of drug-likeness (QED) is 0.612. The molecule has 4 N–H and O–H groups in total. The molecule has 1 fully saturated rings. The zero-order chi connectivity index (χ0) is 8.55. The highest BCUT2D eigenvalue weighted by atomic mass is 15.5. The van der Waals surface area contributed by atoms with Gasteiger partial charge in [0.25, 0.3) is 0 Å². The van der Waals surface area contributed by atoms with Gasteiger partial charge in [0.1, 0.15) is 0 Å².